The molecule has 2 fully saturated rings. The van der Waals surface area contributed by atoms with Crippen LogP contribution in [0.3, 0.4) is 0 Å². The summed E-state index contributed by atoms with van der Waals surface area (Å²) in [5.74, 6) is 1.76. The van der Waals surface area contributed by atoms with E-state index in [1.54, 1.807) is 19.6 Å². The van der Waals surface area contributed by atoms with Crippen LogP contribution < -0.4 is 4.74 Å². The molecule has 2 aromatic carbocycles. The molecule has 6 heteroatoms. The Morgan fingerprint density at radius 1 is 1.15 bits per heavy atom. The fourth-order valence-corrected chi connectivity index (χ4v) is 6.09. The van der Waals surface area contributed by atoms with E-state index in [2.05, 4.69) is 33.0 Å². The minimum absolute atomic E-state index is 0.239. The Labute approximate surface area is 200 Å². The molecule has 1 spiro atoms. The van der Waals surface area contributed by atoms with E-state index in [-0.39, 0.29) is 5.91 Å². The predicted molar refractivity (Wildman–Crippen MR) is 130 cm³/mol. The summed E-state index contributed by atoms with van der Waals surface area (Å²) in [4.78, 5) is 21.8. The Kier molecular flexibility index (Phi) is 5.41. The number of amides is 1. The summed E-state index contributed by atoms with van der Waals surface area (Å²) >= 11 is 0. The van der Waals surface area contributed by atoms with E-state index in [9.17, 15) is 4.79 Å². The number of carbonyl (C=O) groups is 1. The van der Waals surface area contributed by atoms with Gasteiger partial charge >= 0.3 is 0 Å². The number of aryl methyl sites for hydroxylation is 1. The number of piperidine rings is 1. The number of fused-ring (bicyclic) bond motifs is 1. The summed E-state index contributed by atoms with van der Waals surface area (Å²) in [5, 5.41) is 0. The first-order chi connectivity index (χ1) is 16.6. The molecule has 2 aliphatic heterocycles. The largest absolute Gasteiger partial charge is 0.497 e. The summed E-state index contributed by atoms with van der Waals surface area (Å²) in [6.45, 7) is 4.06. The first-order valence-electron chi connectivity index (χ1n) is 12.3. The van der Waals surface area contributed by atoms with E-state index in [0.29, 0.717) is 23.8 Å². The van der Waals surface area contributed by atoms with Crippen molar-refractivity contribution in [3.63, 3.8) is 0 Å². The number of aromatic nitrogens is 1. The maximum absolute atomic E-state index is 12.8. The fraction of sp³-hybridized carbons (Fsp3) is 0.429. The molecule has 34 heavy (non-hydrogen) atoms. The van der Waals surface area contributed by atoms with Gasteiger partial charge in [-0.05, 0) is 72.1 Å². The summed E-state index contributed by atoms with van der Waals surface area (Å²) in [6.07, 6.45) is 8.32. The van der Waals surface area contributed by atoms with Crippen LogP contribution in [0, 0.1) is 5.41 Å². The fourth-order valence-electron chi connectivity index (χ4n) is 6.09. The van der Waals surface area contributed by atoms with Crippen molar-refractivity contribution in [1.82, 2.24) is 14.8 Å². The smallest absolute Gasteiger partial charge is 0.226 e. The van der Waals surface area contributed by atoms with Crippen molar-refractivity contribution in [1.29, 1.82) is 0 Å². The molecule has 1 aliphatic carbocycles. The lowest BCUT2D eigenvalue weighted by Gasteiger charge is -2.56. The third-order valence-corrected chi connectivity index (χ3v) is 8.08. The second-order valence-corrected chi connectivity index (χ2v) is 10.1. The normalized spacial score (nSPS) is 21.3. The molecule has 0 radical (unpaired) electrons. The van der Waals surface area contributed by atoms with Gasteiger partial charge in [0.1, 0.15) is 12.0 Å². The van der Waals surface area contributed by atoms with Crippen LogP contribution in [0.15, 0.2) is 59.3 Å². The summed E-state index contributed by atoms with van der Waals surface area (Å²) in [5.41, 5.74) is 5.40. The Hall–Kier alpha value is -3.12. The van der Waals surface area contributed by atoms with E-state index < -0.39 is 0 Å². The molecule has 0 bridgehead atoms. The lowest BCUT2D eigenvalue weighted by molar-refractivity contribution is -0.136. The first-order valence-corrected chi connectivity index (χ1v) is 12.3. The summed E-state index contributed by atoms with van der Waals surface area (Å²) < 4.78 is 10.7. The van der Waals surface area contributed by atoms with Gasteiger partial charge in [0.15, 0.2) is 0 Å². The Morgan fingerprint density at radius 2 is 1.94 bits per heavy atom. The Morgan fingerprint density at radius 3 is 2.65 bits per heavy atom. The van der Waals surface area contributed by atoms with Gasteiger partial charge in [0.2, 0.25) is 11.8 Å². The molecule has 3 heterocycles. The molecule has 0 saturated carbocycles. The molecule has 3 aromatic rings. The summed E-state index contributed by atoms with van der Waals surface area (Å²) in [6, 6.07) is 15.0. The minimum Gasteiger partial charge on any atom is -0.497 e. The number of benzene rings is 2. The zero-order valence-corrected chi connectivity index (χ0v) is 19.7. The van der Waals surface area contributed by atoms with Gasteiger partial charge in [-0.25, -0.2) is 4.98 Å². The monoisotopic (exact) mass is 457 g/mol. The van der Waals surface area contributed by atoms with Crippen LogP contribution in [0.25, 0.3) is 11.5 Å². The molecular formula is C28H31N3O3. The third kappa shape index (κ3) is 3.90. The Bertz CT molecular complexity index is 1160. The van der Waals surface area contributed by atoms with E-state index in [1.807, 2.05) is 24.3 Å². The van der Waals surface area contributed by atoms with Crippen molar-refractivity contribution in [3.8, 4) is 17.2 Å². The van der Waals surface area contributed by atoms with Gasteiger partial charge in [-0.15, -0.1) is 0 Å². The second-order valence-electron chi connectivity index (χ2n) is 10.1. The number of carbonyl (C=O) groups excluding carboxylic acids is 1. The van der Waals surface area contributed by atoms with Crippen LogP contribution in [-0.4, -0.2) is 54.0 Å². The number of likely N-dealkylation sites (tertiary alicyclic amines) is 2. The number of hydrogen-bond acceptors (Lipinski definition) is 5. The van der Waals surface area contributed by atoms with Gasteiger partial charge in [-0.3, -0.25) is 9.69 Å². The molecule has 6 rings (SSSR count). The van der Waals surface area contributed by atoms with Crippen molar-refractivity contribution in [2.24, 2.45) is 5.41 Å². The van der Waals surface area contributed by atoms with Crippen LogP contribution in [0.4, 0.5) is 0 Å². The van der Waals surface area contributed by atoms with Crippen molar-refractivity contribution in [2.75, 3.05) is 33.3 Å². The minimum atomic E-state index is 0.239. The molecule has 0 N–H and O–H groups in total. The van der Waals surface area contributed by atoms with Gasteiger partial charge < -0.3 is 14.1 Å². The quantitative estimate of drug-likeness (QED) is 0.564. The van der Waals surface area contributed by atoms with Crippen LogP contribution >= 0.6 is 0 Å². The molecule has 176 valence electrons. The molecule has 2 saturated heterocycles. The van der Waals surface area contributed by atoms with Crippen molar-refractivity contribution in [3.05, 3.63) is 71.6 Å². The number of methoxy groups -OCH3 is 1. The third-order valence-electron chi connectivity index (χ3n) is 8.08. The molecule has 6 nitrogen and oxygen atoms in total. The highest BCUT2D eigenvalue weighted by atomic mass is 16.5. The predicted octanol–water partition coefficient (Wildman–Crippen LogP) is 4.50. The molecule has 3 aliphatic rings. The molecule has 1 unspecified atom stereocenters. The number of oxazole rings is 1. The maximum atomic E-state index is 12.8. The molecule has 1 amide bonds. The van der Waals surface area contributed by atoms with Gasteiger partial charge in [0, 0.05) is 37.8 Å². The number of rotatable bonds is 5. The average molecular weight is 458 g/mol. The zero-order valence-electron chi connectivity index (χ0n) is 19.7. The van der Waals surface area contributed by atoms with Crippen LogP contribution in [0.5, 0.6) is 5.75 Å². The lowest BCUT2D eigenvalue weighted by Crippen LogP contribution is -2.61. The van der Waals surface area contributed by atoms with Crippen molar-refractivity contribution in [2.45, 2.75) is 38.1 Å². The average Bonchev–Trinajstić information content (AvgIpc) is 3.53. The van der Waals surface area contributed by atoms with E-state index in [4.69, 9.17) is 9.15 Å². The maximum Gasteiger partial charge on any atom is 0.226 e. The Balaban J connectivity index is 1.03. The van der Waals surface area contributed by atoms with Gasteiger partial charge in [-0.1, -0.05) is 18.2 Å². The van der Waals surface area contributed by atoms with E-state index in [1.165, 1.54) is 17.5 Å². The molecule has 1 atom stereocenters. The van der Waals surface area contributed by atoms with Crippen LogP contribution in [0.1, 0.15) is 42.0 Å². The standard InChI is InChI=1S/C28H31N3O3/c1-33-23-6-2-20(3-7-23)16-26(32)30-13-10-28(11-14-30)18-31(19-28)25-9-5-21-17-22(4-8-24(21)25)27-29-12-15-34-27/h2-4,6-8,12,15,17,25H,5,9-11,13-14,16,18-19H2,1H3. The highest BCUT2D eigenvalue weighted by Crippen LogP contribution is 2.48. The number of nitrogens with zero attached hydrogens (tertiary/aromatic N) is 3. The van der Waals surface area contributed by atoms with E-state index in [0.717, 1.165) is 62.3 Å². The highest BCUT2D eigenvalue weighted by Gasteiger charge is 2.48. The molecular weight excluding hydrogens is 426 g/mol. The highest BCUT2D eigenvalue weighted by molar-refractivity contribution is 5.79. The second kappa shape index (κ2) is 8.58. The summed E-state index contributed by atoms with van der Waals surface area (Å²) in [7, 11) is 1.66. The lowest BCUT2D eigenvalue weighted by atomic mass is 9.71. The van der Waals surface area contributed by atoms with E-state index >= 15 is 0 Å². The van der Waals surface area contributed by atoms with Crippen LogP contribution in [-0.2, 0) is 17.6 Å². The van der Waals surface area contributed by atoms with Crippen molar-refractivity contribution < 1.29 is 13.9 Å². The van der Waals surface area contributed by atoms with Crippen LogP contribution in [0.2, 0.25) is 0 Å². The SMILES string of the molecule is COc1ccc(CC(=O)N2CCC3(CC2)CN(C2CCc4cc(-c5ncco5)ccc42)C3)cc1. The topological polar surface area (TPSA) is 58.8 Å². The van der Waals surface area contributed by atoms with Crippen molar-refractivity contribution >= 4 is 5.91 Å². The number of hydrogen-bond donors (Lipinski definition) is 0. The van der Waals surface area contributed by atoms with Gasteiger partial charge in [-0.2, -0.15) is 0 Å². The first kappa shape index (κ1) is 21.4. The van der Waals surface area contributed by atoms with Gasteiger partial charge in [0.25, 0.3) is 0 Å². The zero-order chi connectivity index (χ0) is 23.1. The molecule has 1 aromatic heterocycles. The number of ether oxygens (including phenoxy) is 1. The van der Waals surface area contributed by atoms with Gasteiger partial charge in [0.05, 0.1) is 19.7 Å².